The molecule has 0 amide bonds. The van der Waals surface area contributed by atoms with Crippen molar-refractivity contribution >= 4 is 28.6 Å². The molecule has 24 heavy (non-hydrogen) atoms. The molecule has 2 aliphatic rings. The fourth-order valence-corrected chi connectivity index (χ4v) is 4.07. The molecule has 2 atom stereocenters. The Bertz CT molecular complexity index is 774. The number of imidazole rings is 1. The highest BCUT2D eigenvalue weighted by Crippen LogP contribution is 2.32. The molecule has 130 valence electrons. The number of anilines is 1. The summed E-state index contributed by atoms with van der Waals surface area (Å²) in [4.78, 5) is 14.2. The molecule has 0 spiro atoms. The lowest BCUT2D eigenvalue weighted by molar-refractivity contribution is -0.0362. The van der Waals surface area contributed by atoms with Gasteiger partial charge in [-0.05, 0) is 13.0 Å². The highest BCUT2D eigenvalue weighted by molar-refractivity contribution is 6.30. The molecule has 0 saturated carbocycles. The van der Waals surface area contributed by atoms with E-state index in [9.17, 15) is 0 Å². The second-order valence-electron chi connectivity index (χ2n) is 7.19. The van der Waals surface area contributed by atoms with Crippen molar-refractivity contribution in [2.45, 2.75) is 31.9 Å². The van der Waals surface area contributed by atoms with Crippen molar-refractivity contribution in [3.05, 3.63) is 16.9 Å². The van der Waals surface area contributed by atoms with Gasteiger partial charge in [0.2, 0.25) is 5.95 Å². The van der Waals surface area contributed by atoms with Crippen LogP contribution < -0.4 is 4.90 Å². The van der Waals surface area contributed by atoms with Crippen molar-refractivity contribution in [3.8, 4) is 0 Å². The molecule has 2 aromatic rings. The molecule has 0 N–H and O–H groups in total. The van der Waals surface area contributed by atoms with Gasteiger partial charge in [0.15, 0.2) is 0 Å². The minimum Gasteiger partial charge on any atom is -0.373 e. The zero-order chi connectivity index (χ0) is 17.0. The summed E-state index contributed by atoms with van der Waals surface area (Å²) in [5.74, 6) is 1.26. The summed E-state index contributed by atoms with van der Waals surface area (Å²) in [5.41, 5.74) is 2.96. The Kier molecular flexibility index (Phi) is 3.94. The molecular formula is C17H24ClN5O. The highest BCUT2D eigenvalue weighted by Gasteiger charge is 2.40. The second kappa shape index (κ2) is 5.86. The van der Waals surface area contributed by atoms with E-state index in [1.165, 1.54) is 0 Å². The number of fused-ring (bicyclic) bond motifs is 2. The molecule has 0 aromatic carbocycles. The quantitative estimate of drug-likeness (QED) is 0.778. The number of ether oxygens (including phenoxy) is 1. The van der Waals surface area contributed by atoms with Gasteiger partial charge in [-0.25, -0.2) is 9.97 Å². The van der Waals surface area contributed by atoms with Crippen molar-refractivity contribution < 1.29 is 4.74 Å². The monoisotopic (exact) mass is 349 g/mol. The van der Waals surface area contributed by atoms with Crippen molar-refractivity contribution in [3.63, 3.8) is 0 Å². The maximum atomic E-state index is 6.23. The number of morpholine rings is 1. The van der Waals surface area contributed by atoms with Crippen LogP contribution in [0.3, 0.4) is 0 Å². The van der Waals surface area contributed by atoms with Crippen LogP contribution in [-0.2, 0) is 11.8 Å². The number of rotatable bonds is 2. The molecule has 2 fully saturated rings. The molecule has 0 aliphatic carbocycles. The first-order valence-electron chi connectivity index (χ1n) is 8.55. The predicted octanol–water partition coefficient (Wildman–Crippen LogP) is 2.26. The summed E-state index contributed by atoms with van der Waals surface area (Å²) in [7, 11) is 4.23. The van der Waals surface area contributed by atoms with Crippen LogP contribution >= 0.6 is 11.6 Å². The molecule has 7 heteroatoms. The molecule has 2 saturated heterocycles. The average molecular weight is 350 g/mol. The van der Waals surface area contributed by atoms with E-state index in [1.54, 1.807) is 0 Å². The minimum atomic E-state index is 0.259. The third kappa shape index (κ3) is 2.48. The molecule has 0 bridgehead atoms. The Balaban J connectivity index is 1.75. The Morgan fingerprint density at radius 1 is 1.25 bits per heavy atom. The molecule has 0 unspecified atom stereocenters. The van der Waals surface area contributed by atoms with E-state index in [0.717, 1.165) is 48.9 Å². The van der Waals surface area contributed by atoms with E-state index in [1.807, 2.05) is 6.07 Å². The zero-order valence-electron chi connectivity index (χ0n) is 14.7. The van der Waals surface area contributed by atoms with Gasteiger partial charge in [0.05, 0.1) is 30.0 Å². The maximum absolute atomic E-state index is 6.23. The average Bonchev–Trinajstić information content (AvgIpc) is 3.09. The molecule has 6 nitrogen and oxygen atoms in total. The third-order valence-electron chi connectivity index (χ3n) is 5.25. The van der Waals surface area contributed by atoms with Gasteiger partial charge < -0.3 is 14.2 Å². The first-order valence-corrected chi connectivity index (χ1v) is 8.93. The van der Waals surface area contributed by atoms with Crippen molar-refractivity contribution in [2.75, 3.05) is 38.2 Å². The van der Waals surface area contributed by atoms with Gasteiger partial charge in [0, 0.05) is 32.7 Å². The number of hydrogen-bond acceptors (Lipinski definition) is 5. The fourth-order valence-electron chi connectivity index (χ4n) is 3.87. The number of aromatic nitrogens is 3. The number of likely N-dealkylation sites (N-methyl/N-ethyl adjacent to an activating group) is 1. The van der Waals surface area contributed by atoms with Crippen molar-refractivity contribution in [2.24, 2.45) is 7.05 Å². The number of nitrogens with zero attached hydrogens (tertiary/aromatic N) is 5. The van der Waals surface area contributed by atoms with Gasteiger partial charge in [0.1, 0.15) is 10.7 Å². The minimum absolute atomic E-state index is 0.259. The van der Waals surface area contributed by atoms with E-state index >= 15 is 0 Å². The number of hydrogen-bond donors (Lipinski definition) is 0. The normalized spacial score (nSPS) is 25.0. The van der Waals surface area contributed by atoms with Gasteiger partial charge in [-0.2, -0.15) is 0 Å². The lowest BCUT2D eigenvalue weighted by Crippen LogP contribution is -2.48. The van der Waals surface area contributed by atoms with Crippen molar-refractivity contribution in [1.29, 1.82) is 0 Å². The van der Waals surface area contributed by atoms with Crippen LogP contribution in [0.4, 0.5) is 5.95 Å². The number of halogens is 1. The van der Waals surface area contributed by atoms with E-state index < -0.39 is 0 Å². The Hall–Kier alpha value is -1.37. The Labute approximate surface area is 147 Å². The van der Waals surface area contributed by atoms with E-state index in [2.05, 4.69) is 47.3 Å². The van der Waals surface area contributed by atoms with Crippen LogP contribution in [0.25, 0.3) is 11.0 Å². The summed E-state index contributed by atoms with van der Waals surface area (Å²) in [6, 6.07) is 2.34. The van der Waals surface area contributed by atoms with Crippen LogP contribution in [-0.4, -0.2) is 64.9 Å². The zero-order valence-corrected chi connectivity index (χ0v) is 15.4. The van der Waals surface area contributed by atoms with Gasteiger partial charge in [-0.3, -0.25) is 4.90 Å². The van der Waals surface area contributed by atoms with Gasteiger partial charge >= 0.3 is 0 Å². The van der Waals surface area contributed by atoms with Crippen LogP contribution in [0.2, 0.25) is 5.15 Å². The molecule has 2 aromatic heterocycles. The van der Waals surface area contributed by atoms with Gasteiger partial charge in [-0.15, -0.1) is 0 Å². The van der Waals surface area contributed by atoms with Gasteiger partial charge in [-0.1, -0.05) is 25.4 Å². The van der Waals surface area contributed by atoms with Crippen LogP contribution in [0.15, 0.2) is 6.07 Å². The molecule has 4 rings (SSSR count). The third-order valence-corrected chi connectivity index (χ3v) is 5.44. The predicted molar refractivity (Wildman–Crippen MR) is 96.0 cm³/mol. The second-order valence-corrected chi connectivity index (χ2v) is 7.57. The topological polar surface area (TPSA) is 46.4 Å². The summed E-state index contributed by atoms with van der Waals surface area (Å²) in [6.07, 6.45) is 0.259. The molecule has 2 aliphatic heterocycles. The molecule has 4 heterocycles. The van der Waals surface area contributed by atoms with E-state index in [0.29, 0.717) is 11.2 Å². The van der Waals surface area contributed by atoms with Crippen molar-refractivity contribution in [1.82, 2.24) is 19.4 Å². The summed E-state index contributed by atoms with van der Waals surface area (Å²) >= 11 is 6.23. The van der Waals surface area contributed by atoms with E-state index in [-0.39, 0.29) is 12.0 Å². The molecular weight excluding hydrogens is 326 g/mol. The Morgan fingerprint density at radius 2 is 2.04 bits per heavy atom. The smallest absolute Gasteiger partial charge is 0.206 e. The first kappa shape index (κ1) is 16.1. The van der Waals surface area contributed by atoms with Crippen LogP contribution in [0.1, 0.15) is 25.5 Å². The van der Waals surface area contributed by atoms with Crippen LogP contribution in [0.5, 0.6) is 0 Å². The Morgan fingerprint density at radius 3 is 2.75 bits per heavy atom. The summed E-state index contributed by atoms with van der Waals surface area (Å²) < 4.78 is 8.10. The summed E-state index contributed by atoms with van der Waals surface area (Å²) in [6.45, 7) is 7.87. The standard InChI is InChI=1S/C17H24ClN5O/c1-10(2)15-16-11(7-14(18)19-15)22(4)17(20-16)23-8-12-13(9-23)24-6-5-21(12)3/h7,10,12-13H,5-6,8-9H2,1-4H3/t12-,13+/m0/s1. The number of aryl methyl sites for hydroxylation is 1. The van der Waals surface area contributed by atoms with Crippen LogP contribution in [0, 0.1) is 0 Å². The fraction of sp³-hybridized carbons (Fsp3) is 0.647. The first-order chi connectivity index (χ1) is 11.5. The summed E-state index contributed by atoms with van der Waals surface area (Å²) in [5, 5.41) is 0.527. The number of pyridine rings is 1. The lowest BCUT2D eigenvalue weighted by atomic mass is 10.1. The SMILES string of the molecule is CC(C)c1nc(Cl)cc2c1nc(N1C[C@H]3OCCN(C)[C@H]3C1)n2C. The maximum Gasteiger partial charge on any atom is 0.206 e. The molecule has 0 radical (unpaired) electrons. The van der Waals surface area contributed by atoms with Gasteiger partial charge in [0.25, 0.3) is 0 Å². The highest BCUT2D eigenvalue weighted by atomic mass is 35.5. The largest absolute Gasteiger partial charge is 0.373 e. The lowest BCUT2D eigenvalue weighted by Gasteiger charge is -2.33. The van der Waals surface area contributed by atoms with E-state index in [4.69, 9.17) is 21.3 Å².